The van der Waals surface area contributed by atoms with Gasteiger partial charge in [0, 0.05) is 12.1 Å². The molecule has 0 aliphatic rings. The highest BCUT2D eigenvalue weighted by molar-refractivity contribution is 6.28. The van der Waals surface area contributed by atoms with E-state index in [9.17, 15) is 0 Å². The maximum absolute atomic E-state index is 5.76. The second kappa shape index (κ2) is 4.29. The van der Waals surface area contributed by atoms with Gasteiger partial charge in [-0.25, -0.2) is 15.0 Å². The van der Waals surface area contributed by atoms with Crippen LogP contribution in [0.4, 0.5) is 0 Å². The van der Waals surface area contributed by atoms with Crippen LogP contribution < -0.4 is 0 Å². The molecular formula is C11H13ClN4. The van der Waals surface area contributed by atoms with Crippen LogP contribution in [0.5, 0.6) is 0 Å². The number of hydrogen-bond donors (Lipinski definition) is 0. The largest absolute Gasteiger partial charge is 0.237 e. The van der Waals surface area contributed by atoms with Crippen LogP contribution in [-0.2, 0) is 6.42 Å². The maximum atomic E-state index is 5.76. The first kappa shape index (κ1) is 11.2. The fourth-order valence-corrected chi connectivity index (χ4v) is 1.63. The van der Waals surface area contributed by atoms with Crippen molar-refractivity contribution in [2.24, 2.45) is 0 Å². The van der Waals surface area contributed by atoms with Gasteiger partial charge in [0.2, 0.25) is 5.28 Å². The van der Waals surface area contributed by atoms with E-state index in [1.807, 2.05) is 0 Å². The van der Waals surface area contributed by atoms with Gasteiger partial charge in [0.05, 0.1) is 11.1 Å². The van der Waals surface area contributed by atoms with Crippen LogP contribution in [0.3, 0.4) is 0 Å². The van der Waals surface area contributed by atoms with Gasteiger partial charge in [-0.1, -0.05) is 20.8 Å². The number of aryl methyl sites for hydroxylation is 1. The third kappa shape index (κ3) is 1.97. The monoisotopic (exact) mass is 236 g/mol. The molecule has 0 bridgehead atoms. The van der Waals surface area contributed by atoms with Crippen molar-refractivity contribution < 1.29 is 0 Å². The molecule has 0 radical (unpaired) electrons. The quantitative estimate of drug-likeness (QED) is 0.753. The number of rotatable bonds is 2. The summed E-state index contributed by atoms with van der Waals surface area (Å²) in [6.07, 6.45) is 2.53. The highest BCUT2D eigenvalue weighted by Gasteiger charge is 2.10. The zero-order chi connectivity index (χ0) is 11.7. The van der Waals surface area contributed by atoms with E-state index in [1.54, 1.807) is 6.20 Å². The van der Waals surface area contributed by atoms with Crippen molar-refractivity contribution in [2.45, 2.75) is 33.1 Å². The molecule has 0 amide bonds. The summed E-state index contributed by atoms with van der Waals surface area (Å²) in [5.41, 5.74) is 1.61. The van der Waals surface area contributed by atoms with Crippen LogP contribution in [0.25, 0.3) is 11.0 Å². The number of halogens is 1. The maximum Gasteiger partial charge on any atom is 0.224 e. The molecule has 0 saturated heterocycles. The highest BCUT2D eigenvalue weighted by atomic mass is 35.5. The van der Waals surface area contributed by atoms with Crippen molar-refractivity contribution in [3.05, 3.63) is 23.0 Å². The average Bonchev–Trinajstić information content (AvgIpc) is 2.26. The van der Waals surface area contributed by atoms with Crippen molar-refractivity contribution in [1.82, 2.24) is 19.9 Å². The van der Waals surface area contributed by atoms with Crippen molar-refractivity contribution >= 4 is 22.6 Å². The molecule has 2 rings (SSSR count). The van der Waals surface area contributed by atoms with E-state index in [-0.39, 0.29) is 11.2 Å². The van der Waals surface area contributed by atoms with Gasteiger partial charge < -0.3 is 0 Å². The first-order valence-corrected chi connectivity index (χ1v) is 5.68. The zero-order valence-electron chi connectivity index (χ0n) is 9.53. The van der Waals surface area contributed by atoms with Gasteiger partial charge in [-0.2, -0.15) is 4.98 Å². The number of hydrogen-bond acceptors (Lipinski definition) is 4. The molecule has 0 aliphatic heterocycles. The molecule has 0 atom stereocenters. The normalized spacial score (nSPS) is 11.3. The molecular weight excluding hydrogens is 224 g/mol. The Balaban J connectivity index is 2.73. The molecule has 16 heavy (non-hydrogen) atoms. The second-order valence-corrected chi connectivity index (χ2v) is 4.25. The molecule has 0 aliphatic carbocycles. The van der Waals surface area contributed by atoms with E-state index in [2.05, 4.69) is 40.7 Å². The van der Waals surface area contributed by atoms with Gasteiger partial charge in [0.15, 0.2) is 5.65 Å². The van der Waals surface area contributed by atoms with Crippen LogP contribution in [0.2, 0.25) is 5.28 Å². The molecule has 2 heterocycles. The molecule has 0 fully saturated rings. The number of nitrogens with zero attached hydrogens (tertiary/aromatic N) is 4. The lowest BCUT2D eigenvalue weighted by Gasteiger charge is -2.08. The predicted octanol–water partition coefficient (Wildman–Crippen LogP) is 2.76. The van der Waals surface area contributed by atoms with Crippen LogP contribution in [0.1, 0.15) is 38.2 Å². The third-order valence-electron chi connectivity index (χ3n) is 2.37. The fraction of sp³-hybridized carbons (Fsp3) is 0.455. The van der Waals surface area contributed by atoms with E-state index < -0.39 is 0 Å². The van der Waals surface area contributed by atoms with E-state index in [0.29, 0.717) is 5.65 Å². The summed E-state index contributed by atoms with van der Waals surface area (Å²) in [6, 6.07) is 0. The molecule has 0 unspecified atom stereocenters. The molecule has 0 aromatic carbocycles. The van der Waals surface area contributed by atoms with Crippen molar-refractivity contribution in [3.63, 3.8) is 0 Å². The minimum Gasteiger partial charge on any atom is -0.237 e. The summed E-state index contributed by atoms with van der Waals surface area (Å²) in [6.45, 7) is 6.17. The summed E-state index contributed by atoms with van der Waals surface area (Å²) >= 11 is 5.76. The lowest BCUT2D eigenvalue weighted by atomic mass is 10.1. The van der Waals surface area contributed by atoms with E-state index in [0.717, 1.165) is 23.3 Å². The number of fused-ring (bicyclic) bond motifs is 1. The van der Waals surface area contributed by atoms with Crippen LogP contribution in [0, 0.1) is 0 Å². The van der Waals surface area contributed by atoms with Crippen molar-refractivity contribution in [1.29, 1.82) is 0 Å². The molecule has 0 spiro atoms. The summed E-state index contributed by atoms with van der Waals surface area (Å²) in [4.78, 5) is 17.0. The van der Waals surface area contributed by atoms with Crippen LogP contribution >= 0.6 is 11.6 Å². The summed E-state index contributed by atoms with van der Waals surface area (Å²) < 4.78 is 0. The Hall–Kier alpha value is -1.29. The topological polar surface area (TPSA) is 51.6 Å². The summed E-state index contributed by atoms with van der Waals surface area (Å²) in [7, 11) is 0. The second-order valence-electron chi connectivity index (χ2n) is 3.91. The molecule has 84 valence electrons. The average molecular weight is 237 g/mol. The van der Waals surface area contributed by atoms with Crippen LogP contribution in [-0.4, -0.2) is 19.9 Å². The Morgan fingerprint density at radius 2 is 2.00 bits per heavy atom. The Labute approximate surface area is 99.1 Å². The standard InChI is InChI=1S/C11H13ClN4/c1-4-8-7-5-13-11(12)16-10(7)15-9(14-8)6(2)3/h5-6H,4H2,1-3H3. The molecule has 2 aromatic heterocycles. The molecule has 2 aromatic rings. The van der Waals surface area contributed by atoms with E-state index >= 15 is 0 Å². The summed E-state index contributed by atoms with van der Waals surface area (Å²) in [5.74, 6) is 1.09. The highest BCUT2D eigenvalue weighted by Crippen LogP contribution is 2.18. The molecule has 0 saturated carbocycles. The SMILES string of the molecule is CCc1nc(C(C)C)nc2nc(Cl)ncc12. The van der Waals surface area contributed by atoms with E-state index in [1.165, 1.54) is 0 Å². The first-order valence-electron chi connectivity index (χ1n) is 5.31. The summed E-state index contributed by atoms with van der Waals surface area (Å²) in [5, 5.41) is 1.11. The van der Waals surface area contributed by atoms with Crippen molar-refractivity contribution in [3.8, 4) is 0 Å². The van der Waals surface area contributed by atoms with Gasteiger partial charge in [0.25, 0.3) is 0 Å². The number of aromatic nitrogens is 4. The predicted molar refractivity (Wildman–Crippen MR) is 63.6 cm³/mol. The van der Waals surface area contributed by atoms with Gasteiger partial charge >= 0.3 is 0 Å². The minimum absolute atomic E-state index is 0.225. The minimum atomic E-state index is 0.225. The first-order chi connectivity index (χ1) is 7.61. The Morgan fingerprint density at radius 1 is 1.25 bits per heavy atom. The van der Waals surface area contributed by atoms with Gasteiger partial charge in [-0.15, -0.1) is 0 Å². The zero-order valence-corrected chi connectivity index (χ0v) is 10.3. The molecule has 5 heteroatoms. The lowest BCUT2D eigenvalue weighted by molar-refractivity contribution is 0.766. The third-order valence-corrected chi connectivity index (χ3v) is 2.55. The smallest absolute Gasteiger partial charge is 0.224 e. The Kier molecular flexibility index (Phi) is 3.01. The van der Waals surface area contributed by atoms with Gasteiger partial charge in [0.1, 0.15) is 5.82 Å². The molecule has 0 N–H and O–H groups in total. The van der Waals surface area contributed by atoms with Gasteiger partial charge in [-0.05, 0) is 18.0 Å². The molecule has 4 nitrogen and oxygen atoms in total. The Bertz CT molecular complexity index is 525. The van der Waals surface area contributed by atoms with Crippen LogP contribution in [0.15, 0.2) is 6.20 Å². The van der Waals surface area contributed by atoms with Gasteiger partial charge in [-0.3, -0.25) is 0 Å². The van der Waals surface area contributed by atoms with Crippen molar-refractivity contribution in [2.75, 3.05) is 0 Å². The van der Waals surface area contributed by atoms with E-state index in [4.69, 9.17) is 11.6 Å². The Morgan fingerprint density at radius 3 is 2.62 bits per heavy atom. The lowest BCUT2D eigenvalue weighted by Crippen LogP contribution is -2.04. The fourth-order valence-electron chi connectivity index (χ4n) is 1.50.